The van der Waals surface area contributed by atoms with Crippen LogP contribution in [0.1, 0.15) is 24.9 Å². The van der Waals surface area contributed by atoms with Gasteiger partial charge in [-0.25, -0.2) is 4.98 Å². The molecule has 2 rings (SSSR count). The van der Waals surface area contributed by atoms with Crippen LogP contribution < -0.4 is 0 Å². The number of nitrogens with zero attached hydrogens (tertiary/aromatic N) is 4. The van der Waals surface area contributed by atoms with Crippen molar-refractivity contribution >= 4 is 22.8 Å². The van der Waals surface area contributed by atoms with E-state index < -0.39 is 0 Å². The smallest absolute Gasteiger partial charge is 0.158 e. The van der Waals surface area contributed by atoms with Gasteiger partial charge in [0.2, 0.25) is 0 Å². The van der Waals surface area contributed by atoms with Crippen molar-refractivity contribution in [2.75, 3.05) is 5.88 Å². The molecular formula is C11H17ClN4. The van der Waals surface area contributed by atoms with E-state index in [-0.39, 0.29) is 0 Å². The fourth-order valence-corrected chi connectivity index (χ4v) is 2.26. The fourth-order valence-electron chi connectivity index (χ4n) is 2.09. The third-order valence-corrected chi connectivity index (χ3v) is 3.00. The average molecular weight is 241 g/mol. The number of aromatic nitrogens is 4. The van der Waals surface area contributed by atoms with Crippen molar-refractivity contribution < 1.29 is 0 Å². The van der Waals surface area contributed by atoms with Gasteiger partial charge in [0.25, 0.3) is 0 Å². The van der Waals surface area contributed by atoms with Gasteiger partial charge in [0.15, 0.2) is 5.65 Å². The minimum absolute atomic E-state index is 0.605. The van der Waals surface area contributed by atoms with E-state index >= 15 is 0 Å². The van der Waals surface area contributed by atoms with Gasteiger partial charge >= 0.3 is 0 Å². The zero-order valence-electron chi connectivity index (χ0n) is 10.00. The van der Waals surface area contributed by atoms with Gasteiger partial charge < -0.3 is 4.57 Å². The molecule has 2 heterocycles. The van der Waals surface area contributed by atoms with Crippen molar-refractivity contribution in [2.45, 2.75) is 26.2 Å². The van der Waals surface area contributed by atoms with E-state index in [0.717, 1.165) is 41.9 Å². The van der Waals surface area contributed by atoms with Gasteiger partial charge in [-0.1, -0.05) is 13.3 Å². The number of aryl methyl sites for hydroxylation is 4. The first-order valence-corrected chi connectivity index (χ1v) is 6.15. The fraction of sp³-hybridized carbons (Fsp3) is 0.636. The molecule has 4 nitrogen and oxygen atoms in total. The van der Waals surface area contributed by atoms with Crippen LogP contribution in [0.3, 0.4) is 0 Å². The Morgan fingerprint density at radius 1 is 1.25 bits per heavy atom. The Balaban J connectivity index is 2.57. The molecule has 0 N–H and O–H groups in total. The van der Waals surface area contributed by atoms with E-state index in [0.29, 0.717) is 5.88 Å². The first kappa shape index (κ1) is 11.5. The highest BCUT2D eigenvalue weighted by Gasteiger charge is 2.16. The molecule has 0 bridgehead atoms. The summed E-state index contributed by atoms with van der Waals surface area (Å²) in [5.74, 6) is 1.64. The first-order valence-electron chi connectivity index (χ1n) is 5.62. The van der Waals surface area contributed by atoms with E-state index in [1.54, 1.807) is 0 Å². The second kappa shape index (κ2) is 4.45. The maximum atomic E-state index is 5.77. The van der Waals surface area contributed by atoms with E-state index in [1.165, 1.54) is 0 Å². The van der Waals surface area contributed by atoms with Crippen LogP contribution in [0.5, 0.6) is 0 Å². The van der Waals surface area contributed by atoms with E-state index in [2.05, 4.69) is 21.6 Å². The summed E-state index contributed by atoms with van der Waals surface area (Å²) in [6.45, 7) is 2.16. The minimum atomic E-state index is 0.605. The summed E-state index contributed by atoms with van der Waals surface area (Å²) in [6.07, 6.45) is 2.88. The van der Waals surface area contributed by atoms with Crippen LogP contribution in [-0.2, 0) is 26.9 Å². The molecule has 0 saturated heterocycles. The summed E-state index contributed by atoms with van der Waals surface area (Å²) < 4.78 is 3.99. The Morgan fingerprint density at radius 3 is 2.62 bits per heavy atom. The Bertz CT molecular complexity index is 498. The Morgan fingerprint density at radius 2 is 2.00 bits per heavy atom. The van der Waals surface area contributed by atoms with Crippen molar-refractivity contribution in [3.8, 4) is 0 Å². The molecule has 0 aliphatic heterocycles. The number of alkyl halides is 1. The monoisotopic (exact) mass is 240 g/mol. The molecule has 0 amide bonds. The number of rotatable bonds is 4. The van der Waals surface area contributed by atoms with Crippen LogP contribution in [0.4, 0.5) is 0 Å². The Labute approximate surface area is 100 Å². The molecule has 0 radical (unpaired) electrons. The lowest BCUT2D eigenvalue weighted by Crippen LogP contribution is -2.03. The normalized spacial score (nSPS) is 11.5. The maximum Gasteiger partial charge on any atom is 0.158 e. The third-order valence-electron chi connectivity index (χ3n) is 2.81. The second-order valence-electron chi connectivity index (χ2n) is 4.02. The van der Waals surface area contributed by atoms with Crippen molar-refractivity contribution in [1.82, 2.24) is 19.3 Å². The van der Waals surface area contributed by atoms with Crippen LogP contribution in [-0.4, -0.2) is 25.2 Å². The van der Waals surface area contributed by atoms with Crippen LogP contribution in [0.15, 0.2) is 0 Å². The number of imidazole rings is 1. The van der Waals surface area contributed by atoms with Crippen LogP contribution >= 0.6 is 11.6 Å². The lowest BCUT2D eigenvalue weighted by Gasteiger charge is -2.00. The zero-order chi connectivity index (χ0) is 11.7. The van der Waals surface area contributed by atoms with Gasteiger partial charge in [-0.15, -0.1) is 11.6 Å². The van der Waals surface area contributed by atoms with Gasteiger partial charge in [0, 0.05) is 26.4 Å². The topological polar surface area (TPSA) is 35.6 Å². The third kappa shape index (κ3) is 1.71. The Hall–Kier alpha value is -1.03. The Kier molecular flexibility index (Phi) is 3.19. The molecule has 0 atom stereocenters. The van der Waals surface area contributed by atoms with Gasteiger partial charge in [-0.05, 0) is 6.42 Å². The van der Waals surface area contributed by atoms with Crippen LogP contribution in [0.2, 0.25) is 0 Å². The lowest BCUT2D eigenvalue weighted by molar-refractivity contribution is 0.711. The molecule has 16 heavy (non-hydrogen) atoms. The summed E-state index contributed by atoms with van der Waals surface area (Å²) in [5.41, 5.74) is 3.21. The molecule has 0 aliphatic rings. The lowest BCUT2D eigenvalue weighted by atomic mass is 10.2. The molecule has 0 fully saturated rings. The average Bonchev–Trinajstić information content (AvgIpc) is 2.71. The van der Waals surface area contributed by atoms with E-state index in [1.807, 2.05) is 18.8 Å². The van der Waals surface area contributed by atoms with Crippen LogP contribution in [0.25, 0.3) is 11.2 Å². The summed E-state index contributed by atoms with van der Waals surface area (Å²) in [4.78, 5) is 4.64. The zero-order valence-corrected chi connectivity index (χ0v) is 10.8. The molecule has 2 aromatic rings. The number of hydrogen-bond acceptors (Lipinski definition) is 2. The minimum Gasteiger partial charge on any atom is -0.316 e. The summed E-state index contributed by atoms with van der Waals surface area (Å²) in [6, 6.07) is 0. The molecule has 0 aliphatic carbocycles. The largest absolute Gasteiger partial charge is 0.316 e. The van der Waals surface area contributed by atoms with Gasteiger partial charge in [0.05, 0.1) is 5.69 Å². The highest BCUT2D eigenvalue weighted by molar-refractivity contribution is 6.17. The number of halogens is 1. The van der Waals surface area contributed by atoms with Gasteiger partial charge in [0.1, 0.15) is 11.3 Å². The first-order chi connectivity index (χ1) is 7.69. The molecule has 0 spiro atoms. The quantitative estimate of drug-likeness (QED) is 0.767. The highest BCUT2D eigenvalue weighted by atomic mass is 35.5. The van der Waals surface area contributed by atoms with Crippen molar-refractivity contribution in [3.05, 3.63) is 11.5 Å². The summed E-state index contributed by atoms with van der Waals surface area (Å²) in [5, 5.41) is 4.50. The SMILES string of the molecule is CCCc1nn(C)c2c1nc(CCCl)n2C. The molecule has 88 valence electrons. The molecule has 0 saturated carbocycles. The summed E-state index contributed by atoms with van der Waals surface area (Å²) in [7, 11) is 3.99. The second-order valence-corrected chi connectivity index (χ2v) is 4.40. The van der Waals surface area contributed by atoms with E-state index in [4.69, 9.17) is 11.6 Å². The van der Waals surface area contributed by atoms with E-state index in [9.17, 15) is 0 Å². The van der Waals surface area contributed by atoms with Gasteiger partial charge in [-0.3, -0.25) is 4.68 Å². The van der Waals surface area contributed by atoms with Gasteiger partial charge in [-0.2, -0.15) is 5.10 Å². The molecule has 5 heteroatoms. The van der Waals surface area contributed by atoms with Crippen molar-refractivity contribution in [3.63, 3.8) is 0 Å². The molecule has 0 unspecified atom stereocenters. The maximum absolute atomic E-state index is 5.77. The van der Waals surface area contributed by atoms with Crippen LogP contribution in [0, 0.1) is 0 Å². The van der Waals surface area contributed by atoms with Crippen molar-refractivity contribution in [1.29, 1.82) is 0 Å². The molecule has 0 aromatic carbocycles. The highest BCUT2D eigenvalue weighted by Crippen LogP contribution is 2.19. The standard InChI is InChI=1S/C11H17ClN4/c1-4-5-8-10-11(16(3)14-8)15(2)9(13-10)6-7-12/h4-7H2,1-3H3. The van der Waals surface area contributed by atoms with Crippen molar-refractivity contribution in [2.24, 2.45) is 14.1 Å². The molecule has 2 aromatic heterocycles. The predicted octanol–water partition coefficient (Wildman–Crippen LogP) is 2.04. The summed E-state index contributed by atoms with van der Waals surface area (Å²) >= 11 is 5.77. The predicted molar refractivity (Wildman–Crippen MR) is 65.9 cm³/mol. The number of fused-ring (bicyclic) bond motifs is 1. The number of hydrogen-bond donors (Lipinski definition) is 0. The molecular weight excluding hydrogens is 224 g/mol.